The van der Waals surface area contributed by atoms with Gasteiger partial charge in [-0.25, -0.2) is 0 Å². The van der Waals surface area contributed by atoms with E-state index in [1.807, 2.05) is 0 Å². The van der Waals surface area contributed by atoms with E-state index in [1.54, 1.807) is 13.8 Å². The van der Waals surface area contributed by atoms with Gasteiger partial charge in [0.25, 0.3) is 16.9 Å². The lowest BCUT2D eigenvalue weighted by Gasteiger charge is -2.30. The molecule has 0 aromatic rings. The Hall–Kier alpha value is 0.440. The maximum atomic E-state index is 11.9. The van der Waals surface area contributed by atoms with E-state index >= 15 is 0 Å². The van der Waals surface area contributed by atoms with Crippen LogP contribution in [-0.2, 0) is 31.1 Å². The summed E-state index contributed by atoms with van der Waals surface area (Å²) in [5.41, 5.74) is 0. The van der Waals surface area contributed by atoms with Crippen molar-refractivity contribution < 1.29 is 17.5 Å². The first kappa shape index (κ1) is 16.4. The second kappa shape index (κ2) is 6.39. The lowest BCUT2D eigenvalue weighted by molar-refractivity contribution is 0.243. The lowest BCUT2D eigenvalue weighted by Crippen LogP contribution is -2.36. The Balaban J connectivity index is 5.18. The second-order valence-corrected chi connectivity index (χ2v) is 8.91. The van der Waals surface area contributed by atoms with E-state index < -0.39 is 16.9 Å². The van der Waals surface area contributed by atoms with Crippen molar-refractivity contribution in [1.82, 2.24) is 8.38 Å². The van der Waals surface area contributed by atoms with Crippen LogP contribution in [0.4, 0.5) is 0 Å². The molecule has 9 heteroatoms. The third-order valence-corrected chi connectivity index (χ3v) is 8.12. The number of hydrogen-bond acceptors (Lipinski definition) is 5. The maximum Gasteiger partial charge on any atom is 0.288 e. The first-order valence-corrected chi connectivity index (χ1v) is 8.77. The predicted octanol–water partition coefficient (Wildman–Crippen LogP) is 1.02. The van der Waals surface area contributed by atoms with Crippen molar-refractivity contribution in [2.75, 3.05) is 34.4 Å². The zero-order valence-electron chi connectivity index (χ0n) is 10.2. The van der Waals surface area contributed by atoms with Crippen LogP contribution in [0.5, 0.6) is 0 Å². The first-order chi connectivity index (χ1) is 7.22. The molecular weight excluding hydrogens is 271 g/mol. The fraction of sp³-hybridized carbons (Fsp3) is 1.00. The fourth-order valence-electron chi connectivity index (χ4n) is 0.889. The quantitative estimate of drug-likeness (QED) is 0.655. The summed E-state index contributed by atoms with van der Waals surface area (Å²) in [4.78, 5) is 0. The Morgan fingerprint density at radius 2 is 1.50 bits per heavy atom. The number of rotatable bonds is 7. The number of nitrogens with zero attached hydrogens (tertiary/aromatic N) is 2. The van der Waals surface area contributed by atoms with Crippen molar-refractivity contribution in [2.24, 2.45) is 0 Å². The van der Waals surface area contributed by atoms with Gasteiger partial charge < -0.3 is 9.05 Å². The molecule has 0 aliphatic rings. The summed E-state index contributed by atoms with van der Waals surface area (Å²) in [6, 6.07) is 0. The van der Waals surface area contributed by atoms with Gasteiger partial charge >= 0.3 is 0 Å². The van der Waals surface area contributed by atoms with Gasteiger partial charge in [-0.05, 0) is 25.7 Å². The summed E-state index contributed by atoms with van der Waals surface area (Å²) in [5, 5.41) is 0. The molecule has 0 aromatic carbocycles. The van der Waals surface area contributed by atoms with Crippen LogP contribution in [0.1, 0.15) is 13.8 Å². The summed E-state index contributed by atoms with van der Waals surface area (Å²) in [5.74, 6) is 0. The molecule has 0 rings (SSSR count). The minimum Gasteiger partial charge on any atom is -0.317 e. The second-order valence-electron chi connectivity index (χ2n) is 3.03. The normalized spacial score (nSPS) is 13.7. The van der Waals surface area contributed by atoms with Gasteiger partial charge in [0, 0.05) is 21.1 Å². The van der Waals surface area contributed by atoms with E-state index in [1.165, 1.54) is 21.1 Å². The Kier molecular flexibility index (Phi) is 6.57. The van der Waals surface area contributed by atoms with Crippen LogP contribution in [0.2, 0.25) is 0 Å². The highest BCUT2D eigenvalue weighted by atomic mass is 32.5. The number of hydrogen-bond donors (Lipinski definition) is 0. The molecule has 0 saturated heterocycles. The minimum atomic E-state index is -3.62. The zero-order chi connectivity index (χ0) is 13.0. The van der Waals surface area contributed by atoms with Gasteiger partial charge in [-0.3, -0.25) is 0 Å². The first-order valence-electron chi connectivity index (χ1n) is 4.78. The molecule has 0 heterocycles. The Bertz CT molecular complexity index is 347. The molecule has 0 saturated carbocycles. The van der Waals surface area contributed by atoms with Crippen molar-refractivity contribution in [3.05, 3.63) is 0 Å². The summed E-state index contributed by atoms with van der Waals surface area (Å²) in [6.45, 7) is 1.16. The maximum absolute atomic E-state index is 11.9. The molecule has 0 aliphatic heterocycles. The van der Waals surface area contributed by atoms with Crippen LogP contribution >= 0.6 is 6.64 Å². The Labute approximate surface area is 103 Å². The van der Waals surface area contributed by atoms with E-state index in [0.717, 1.165) is 8.38 Å². The standard InChI is InChI=1S/C7H19N2O4PS2/c1-6-12-14(15,13-7-2)9(5)16(10,11)8(3)4/h6-7H2,1-5H3. The molecule has 0 amide bonds. The minimum absolute atomic E-state index is 0.310. The molecule has 6 nitrogen and oxygen atoms in total. The highest BCUT2D eigenvalue weighted by molar-refractivity contribution is 8.13. The highest BCUT2D eigenvalue weighted by Gasteiger charge is 2.35. The Morgan fingerprint density at radius 3 is 1.75 bits per heavy atom. The molecule has 98 valence electrons. The largest absolute Gasteiger partial charge is 0.317 e. The summed E-state index contributed by atoms with van der Waals surface area (Å²) in [6.07, 6.45) is 0. The molecule has 0 atom stereocenters. The van der Waals surface area contributed by atoms with Crippen LogP contribution < -0.4 is 0 Å². The molecule has 0 bridgehead atoms. The van der Waals surface area contributed by atoms with Crippen LogP contribution in [0.25, 0.3) is 0 Å². The molecule has 0 fully saturated rings. The van der Waals surface area contributed by atoms with Gasteiger partial charge in [0.15, 0.2) is 0 Å². The van der Waals surface area contributed by atoms with Crippen LogP contribution in [-0.4, -0.2) is 51.2 Å². The molecule has 16 heavy (non-hydrogen) atoms. The van der Waals surface area contributed by atoms with Gasteiger partial charge in [0.05, 0.1) is 13.2 Å². The van der Waals surface area contributed by atoms with Gasteiger partial charge in [0.1, 0.15) is 0 Å². The van der Waals surface area contributed by atoms with Crippen LogP contribution in [0, 0.1) is 0 Å². The van der Waals surface area contributed by atoms with Crippen molar-refractivity contribution in [3.63, 3.8) is 0 Å². The fourth-order valence-corrected chi connectivity index (χ4v) is 5.54. The van der Waals surface area contributed by atoms with Gasteiger partial charge in [-0.1, -0.05) is 0 Å². The zero-order valence-corrected chi connectivity index (χ0v) is 12.7. The Morgan fingerprint density at radius 1 is 1.12 bits per heavy atom. The van der Waals surface area contributed by atoms with Crippen LogP contribution in [0.15, 0.2) is 0 Å². The van der Waals surface area contributed by atoms with E-state index in [0.29, 0.717) is 13.2 Å². The predicted molar refractivity (Wildman–Crippen MR) is 67.9 cm³/mol. The van der Waals surface area contributed by atoms with Gasteiger partial charge in [-0.2, -0.15) is 12.7 Å². The van der Waals surface area contributed by atoms with Crippen molar-refractivity contribution in [1.29, 1.82) is 0 Å². The SMILES string of the molecule is CCOP(=S)(OCC)N(C)S(=O)(=O)N(C)C. The average Bonchev–Trinajstić information content (AvgIpc) is 2.17. The summed E-state index contributed by atoms with van der Waals surface area (Å²) >= 11 is 5.18. The van der Waals surface area contributed by atoms with Crippen LogP contribution in [0.3, 0.4) is 0 Å². The summed E-state index contributed by atoms with van der Waals surface area (Å²) in [7, 11) is 0.627. The van der Waals surface area contributed by atoms with E-state index in [4.69, 9.17) is 20.9 Å². The molecular formula is C7H19N2O4PS2. The molecule has 0 unspecified atom stereocenters. The van der Waals surface area contributed by atoms with Gasteiger partial charge in [0.2, 0.25) is 0 Å². The third-order valence-electron chi connectivity index (χ3n) is 1.72. The molecule has 0 spiro atoms. The van der Waals surface area contributed by atoms with Crippen molar-refractivity contribution in [3.8, 4) is 0 Å². The summed E-state index contributed by atoms with van der Waals surface area (Å²) < 4.78 is 36.4. The topological polar surface area (TPSA) is 59.1 Å². The molecule has 0 N–H and O–H groups in total. The van der Waals surface area contributed by atoms with E-state index in [2.05, 4.69) is 0 Å². The highest BCUT2D eigenvalue weighted by Crippen LogP contribution is 2.53. The molecule has 0 aromatic heterocycles. The smallest absolute Gasteiger partial charge is 0.288 e. The van der Waals surface area contributed by atoms with Gasteiger partial charge in [-0.15, -0.1) is 4.08 Å². The van der Waals surface area contributed by atoms with Crippen molar-refractivity contribution >= 4 is 28.7 Å². The average molecular weight is 290 g/mol. The van der Waals surface area contributed by atoms with E-state index in [-0.39, 0.29) is 0 Å². The monoisotopic (exact) mass is 290 g/mol. The molecule has 0 aliphatic carbocycles. The van der Waals surface area contributed by atoms with E-state index in [9.17, 15) is 8.42 Å². The van der Waals surface area contributed by atoms with Crippen molar-refractivity contribution in [2.45, 2.75) is 13.8 Å². The molecule has 0 radical (unpaired) electrons. The lowest BCUT2D eigenvalue weighted by atomic mass is 10.9. The third kappa shape index (κ3) is 3.73.